The fourth-order valence-electron chi connectivity index (χ4n) is 3.02. The summed E-state index contributed by atoms with van der Waals surface area (Å²) in [5, 5.41) is 13.2. The van der Waals surface area contributed by atoms with E-state index in [0.29, 0.717) is 33.2 Å². The van der Waals surface area contributed by atoms with E-state index in [-0.39, 0.29) is 24.8 Å². The molecule has 0 aliphatic rings. The number of ether oxygens (including phenoxy) is 1. The number of aliphatic hydroxyl groups excluding tert-OH is 1. The van der Waals surface area contributed by atoms with Crippen molar-refractivity contribution in [2.75, 3.05) is 0 Å². The van der Waals surface area contributed by atoms with E-state index in [2.05, 4.69) is 21.6 Å². The highest BCUT2D eigenvalue weighted by Crippen LogP contribution is 2.33. The number of halogens is 3. The van der Waals surface area contributed by atoms with E-state index in [1.807, 2.05) is 0 Å². The number of nitrogens with one attached hydrogen (secondary N) is 1. The SMILES string of the molecule is C=CC(=O)NCc1cc(-c2ccc(OC(F)(F)F)cc2)c2ncccc2c1CO. The van der Waals surface area contributed by atoms with Crippen LogP contribution in [0, 0.1) is 0 Å². The normalized spacial score (nSPS) is 11.3. The maximum absolute atomic E-state index is 12.4. The van der Waals surface area contributed by atoms with Crippen LogP contribution in [-0.2, 0) is 17.9 Å². The van der Waals surface area contributed by atoms with Crippen molar-refractivity contribution in [2.45, 2.75) is 19.5 Å². The summed E-state index contributed by atoms with van der Waals surface area (Å²) < 4.78 is 41.1. The molecule has 3 aromatic rings. The molecule has 0 aliphatic heterocycles. The van der Waals surface area contributed by atoms with Crippen molar-refractivity contribution in [3.8, 4) is 16.9 Å². The van der Waals surface area contributed by atoms with Gasteiger partial charge in [-0.15, -0.1) is 13.2 Å². The highest BCUT2D eigenvalue weighted by molar-refractivity contribution is 5.96. The van der Waals surface area contributed by atoms with E-state index in [1.165, 1.54) is 24.3 Å². The molecule has 1 heterocycles. The fourth-order valence-corrected chi connectivity index (χ4v) is 3.02. The molecule has 0 saturated carbocycles. The summed E-state index contributed by atoms with van der Waals surface area (Å²) in [4.78, 5) is 15.9. The molecule has 0 bridgehead atoms. The quantitative estimate of drug-likeness (QED) is 0.609. The summed E-state index contributed by atoms with van der Waals surface area (Å²) in [7, 11) is 0. The standard InChI is InChI=1S/C21H17F3N2O3/c1-2-19(28)26-11-14-10-17(20-16(18(14)12-27)4-3-9-25-20)13-5-7-15(8-6-13)29-21(22,23)24/h2-10,27H,1,11-12H2,(H,26,28). The van der Waals surface area contributed by atoms with Crippen LogP contribution in [-0.4, -0.2) is 22.4 Å². The van der Waals surface area contributed by atoms with Crippen molar-refractivity contribution < 1.29 is 27.8 Å². The van der Waals surface area contributed by atoms with Gasteiger partial charge in [0.25, 0.3) is 0 Å². The Morgan fingerprint density at radius 2 is 1.97 bits per heavy atom. The van der Waals surface area contributed by atoms with Gasteiger partial charge in [0.05, 0.1) is 12.1 Å². The zero-order valence-electron chi connectivity index (χ0n) is 15.2. The number of fused-ring (bicyclic) bond motifs is 1. The van der Waals surface area contributed by atoms with Crippen molar-refractivity contribution in [1.82, 2.24) is 10.3 Å². The van der Waals surface area contributed by atoms with Gasteiger partial charge in [0, 0.05) is 23.7 Å². The number of aromatic nitrogens is 1. The average Bonchev–Trinajstić information content (AvgIpc) is 2.70. The highest BCUT2D eigenvalue weighted by atomic mass is 19.4. The second-order valence-corrected chi connectivity index (χ2v) is 6.11. The molecule has 3 rings (SSSR count). The molecule has 0 atom stereocenters. The number of amides is 1. The van der Waals surface area contributed by atoms with Gasteiger partial charge in [-0.2, -0.15) is 0 Å². The number of alkyl halides is 3. The Bertz CT molecular complexity index is 1050. The lowest BCUT2D eigenvalue weighted by atomic mass is 9.94. The van der Waals surface area contributed by atoms with E-state index < -0.39 is 6.36 Å². The van der Waals surface area contributed by atoms with Crippen LogP contribution in [0.1, 0.15) is 11.1 Å². The predicted molar refractivity (Wildman–Crippen MR) is 102 cm³/mol. The first-order chi connectivity index (χ1) is 13.8. The molecule has 0 radical (unpaired) electrons. The minimum atomic E-state index is -4.77. The van der Waals surface area contributed by atoms with Crippen LogP contribution in [0.15, 0.2) is 61.3 Å². The summed E-state index contributed by atoms with van der Waals surface area (Å²) in [6.07, 6.45) is -2.04. The number of nitrogens with zero attached hydrogens (tertiary/aromatic N) is 1. The Kier molecular flexibility index (Phi) is 5.84. The largest absolute Gasteiger partial charge is 0.573 e. The van der Waals surface area contributed by atoms with Crippen LogP contribution >= 0.6 is 0 Å². The molecule has 5 nitrogen and oxygen atoms in total. The number of benzene rings is 2. The lowest BCUT2D eigenvalue weighted by Crippen LogP contribution is -2.21. The molecule has 2 N–H and O–H groups in total. The zero-order valence-corrected chi connectivity index (χ0v) is 15.2. The number of aliphatic hydroxyl groups is 1. The molecule has 0 spiro atoms. The number of rotatable bonds is 6. The number of hydrogen-bond acceptors (Lipinski definition) is 4. The number of carbonyl (C=O) groups is 1. The maximum Gasteiger partial charge on any atom is 0.573 e. The number of hydrogen-bond donors (Lipinski definition) is 2. The Balaban J connectivity index is 2.09. The summed E-state index contributed by atoms with van der Waals surface area (Å²) in [6.45, 7) is 3.28. The predicted octanol–water partition coefficient (Wildman–Crippen LogP) is 4.09. The van der Waals surface area contributed by atoms with Crippen LogP contribution in [0.5, 0.6) is 5.75 Å². The van der Waals surface area contributed by atoms with Crippen LogP contribution in [0.25, 0.3) is 22.0 Å². The van der Waals surface area contributed by atoms with E-state index in [9.17, 15) is 23.1 Å². The Morgan fingerprint density at radius 1 is 1.24 bits per heavy atom. The van der Waals surface area contributed by atoms with E-state index in [4.69, 9.17) is 0 Å². The minimum absolute atomic E-state index is 0.147. The first-order valence-electron chi connectivity index (χ1n) is 8.59. The van der Waals surface area contributed by atoms with Gasteiger partial charge in [0.15, 0.2) is 0 Å². The van der Waals surface area contributed by atoms with Crippen molar-refractivity contribution in [3.63, 3.8) is 0 Å². The lowest BCUT2D eigenvalue weighted by molar-refractivity contribution is -0.274. The third kappa shape index (κ3) is 4.72. The van der Waals surface area contributed by atoms with Gasteiger partial charge >= 0.3 is 6.36 Å². The van der Waals surface area contributed by atoms with Gasteiger partial charge in [0.1, 0.15) is 5.75 Å². The first kappa shape index (κ1) is 20.3. The maximum atomic E-state index is 12.4. The Hall–Kier alpha value is -3.39. The second kappa shape index (κ2) is 8.32. The molecule has 8 heteroatoms. The molecule has 0 fully saturated rings. The average molecular weight is 402 g/mol. The molecule has 0 unspecified atom stereocenters. The summed E-state index contributed by atoms with van der Waals surface area (Å²) in [5.74, 6) is -0.695. The topological polar surface area (TPSA) is 71.5 Å². The molecule has 150 valence electrons. The second-order valence-electron chi connectivity index (χ2n) is 6.11. The van der Waals surface area contributed by atoms with E-state index >= 15 is 0 Å². The van der Waals surface area contributed by atoms with Gasteiger partial charge in [0.2, 0.25) is 5.91 Å². The Morgan fingerprint density at radius 3 is 2.59 bits per heavy atom. The monoisotopic (exact) mass is 402 g/mol. The van der Waals surface area contributed by atoms with E-state index in [1.54, 1.807) is 24.4 Å². The third-order valence-corrected chi connectivity index (χ3v) is 4.29. The zero-order chi connectivity index (χ0) is 21.0. The fraction of sp³-hybridized carbons (Fsp3) is 0.143. The van der Waals surface area contributed by atoms with Crippen LogP contribution in [0.3, 0.4) is 0 Å². The molecule has 1 aromatic heterocycles. The van der Waals surface area contributed by atoms with Gasteiger partial charge in [-0.1, -0.05) is 24.8 Å². The molecule has 1 amide bonds. The molecule has 0 saturated heterocycles. The highest BCUT2D eigenvalue weighted by Gasteiger charge is 2.31. The van der Waals surface area contributed by atoms with Gasteiger partial charge in [-0.3, -0.25) is 9.78 Å². The molecule has 0 aliphatic carbocycles. The lowest BCUT2D eigenvalue weighted by Gasteiger charge is -2.16. The van der Waals surface area contributed by atoms with Gasteiger partial charge in [-0.05, 0) is 47.0 Å². The first-order valence-corrected chi connectivity index (χ1v) is 8.59. The van der Waals surface area contributed by atoms with Crippen LogP contribution < -0.4 is 10.1 Å². The van der Waals surface area contributed by atoms with Gasteiger partial charge in [-0.25, -0.2) is 0 Å². The third-order valence-electron chi connectivity index (χ3n) is 4.29. The van der Waals surface area contributed by atoms with Crippen molar-refractivity contribution in [1.29, 1.82) is 0 Å². The molecular formula is C21H17F3N2O3. The Labute approximate surface area is 164 Å². The summed E-state index contributed by atoms with van der Waals surface area (Å²) >= 11 is 0. The molecule has 29 heavy (non-hydrogen) atoms. The van der Waals surface area contributed by atoms with Gasteiger partial charge < -0.3 is 15.2 Å². The summed E-state index contributed by atoms with van der Waals surface area (Å²) in [6, 6.07) is 10.7. The van der Waals surface area contributed by atoms with Crippen molar-refractivity contribution >= 4 is 16.8 Å². The van der Waals surface area contributed by atoms with Crippen molar-refractivity contribution in [3.05, 3.63) is 72.4 Å². The minimum Gasteiger partial charge on any atom is -0.406 e. The smallest absolute Gasteiger partial charge is 0.406 e. The van der Waals surface area contributed by atoms with Crippen LogP contribution in [0.2, 0.25) is 0 Å². The summed E-state index contributed by atoms with van der Waals surface area (Å²) in [5.41, 5.74) is 3.12. The number of carbonyl (C=O) groups excluding carboxylic acids is 1. The van der Waals surface area contributed by atoms with E-state index in [0.717, 1.165) is 6.08 Å². The van der Waals surface area contributed by atoms with Crippen molar-refractivity contribution in [2.24, 2.45) is 0 Å². The van der Waals surface area contributed by atoms with Crippen LogP contribution in [0.4, 0.5) is 13.2 Å². The molecule has 2 aromatic carbocycles. The molecular weight excluding hydrogens is 385 g/mol. The number of pyridine rings is 1.